The van der Waals surface area contributed by atoms with Crippen LogP contribution in [0.2, 0.25) is 0 Å². The SMILES string of the molecule is C=CCOC(=O)CNC(=O)C(F)(F)F. The third kappa shape index (κ3) is 5.18. The van der Waals surface area contributed by atoms with Crippen LogP contribution >= 0.6 is 0 Å². The van der Waals surface area contributed by atoms with Gasteiger partial charge < -0.3 is 10.1 Å². The minimum Gasteiger partial charge on any atom is -0.460 e. The largest absolute Gasteiger partial charge is 0.471 e. The molecule has 0 spiro atoms. The summed E-state index contributed by atoms with van der Waals surface area (Å²) in [5.74, 6) is -3.13. The zero-order valence-electron chi connectivity index (χ0n) is 7.06. The van der Waals surface area contributed by atoms with Crippen LogP contribution in [0.25, 0.3) is 0 Å². The van der Waals surface area contributed by atoms with E-state index in [0.717, 1.165) is 0 Å². The van der Waals surface area contributed by atoms with E-state index in [1.54, 1.807) is 0 Å². The van der Waals surface area contributed by atoms with E-state index in [-0.39, 0.29) is 6.61 Å². The first-order valence-electron chi connectivity index (χ1n) is 3.49. The Morgan fingerprint density at radius 1 is 1.43 bits per heavy atom. The van der Waals surface area contributed by atoms with Crippen LogP contribution in [0.3, 0.4) is 0 Å². The molecule has 0 aromatic carbocycles. The Hall–Kier alpha value is -1.53. The van der Waals surface area contributed by atoms with Gasteiger partial charge in [0.15, 0.2) is 0 Å². The Morgan fingerprint density at radius 2 is 2.00 bits per heavy atom. The molecule has 0 aliphatic carbocycles. The van der Waals surface area contributed by atoms with Crippen molar-refractivity contribution in [2.24, 2.45) is 0 Å². The number of rotatable bonds is 4. The molecule has 0 unspecified atom stereocenters. The monoisotopic (exact) mass is 211 g/mol. The lowest BCUT2D eigenvalue weighted by Gasteiger charge is -2.06. The lowest BCUT2D eigenvalue weighted by atomic mass is 10.5. The minimum atomic E-state index is -4.99. The van der Waals surface area contributed by atoms with Gasteiger partial charge in [-0.3, -0.25) is 9.59 Å². The molecule has 0 saturated carbocycles. The van der Waals surface area contributed by atoms with Gasteiger partial charge in [-0.25, -0.2) is 0 Å². The maximum atomic E-state index is 11.6. The highest BCUT2D eigenvalue weighted by molar-refractivity contribution is 5.85. The van der Waals surface area contributed by atoms with E-state index in [0.29, 0.717) is 0 Å². The number of carbonyl (C=O) groups excluding carboxylic acids is 2. The Bertz CT molecular complexity index is 237. The topological polar surface area (TPSA) is 55.4 Å². The number of carbonyl (C=O) groups is 2. The number of alkyl halides is 3. The van der Waals surface area contributed by atoms with Gasteiger partial charge in [0.25, 0.3) is 0 Å². The standard InChI is InChI=1S/C7H8F3NO3/c1-2-3-14-5(12)4-11-6(13)7(8,9)10/h2H,1,3-4H2,(H,11,13). The third-order valence-corrected chi connectivity index (χ3v) is 1.01. The van der Waals surface area contributed by atoms with Crippen molar-refractivity contribution >= 4 is 11.9 Å². The molecule has 4 nitrogen and oxygen atoms in total. The summed E-state index contributed by atoms with van der Waals surface area (Å²) in [7, 11) is 0. The van der Waals surface area contributed by atoms with Crippen LogP contribution in [0.5, 0.6) is 0 Å². The molecule has 0 saturated heterocycles. The van der Waals surface area contributed by atoms with Gasteiger partial charge in [0.2, 0.25) is 0 Å². The second kappa shape index (κ2) is 5.25. The molecule has 0 aromatic heterocycles. The average molecular weight is 211 g/mol. The molecule has 1 amide bonds. The van der Waals surface area contributed by atoms with Crippen molar-refractivity contribution in [1.29, 1.82) is 0 Å². The summed E-state index contributed by atoms with van der Waals surface area (Å²) in [4.78, 5) is 20.8. The number of halogens is 3. The Kier molecular flexibility index (Phi) is 4.68. The van der Waals surface area contributed by atoms with Crippen LogP contribution in [0.4, 0.5) is 13.2 Å². The summed E-state index contributed by atoms with van der Waals surface area (Å²) < 4.78 is 39.0. The molecule has 0 radical (unpaired) electrons. The van der Waals surface area contributed by atoms with E-state index < -0.39 is 24.6 Å². The molecule has 7 heteroatoms. The van der Waals surface area contributed by atoms with Gasteiger partial charge in [-0.2, -0.15) is 13.2 Å². The van der Waals surface area contributed by atoms with Crippen LogP contribution in [-0.4, -0.2) is 31.2 Å². The molecule has 1 N–H and O–H groups in total. The highest BCUT2D eigenvalue weighted by atomic mass is 19.4. The number of hydrogen-bond donors (Lipinski definition) is 1. The highest BCUT2D eigenvalue weighted by Gasteiger charge is 2.38. The fourth-order valence-corrected chi connectivity index (χ4v) is 0.456. The maximum absolute atomic E-state index is 11.6. The first-order chi connectivity index (χ1) is 6.38. The number of nitrogens with one attached hydrogen (secondary N) is 1. The average Bonchev–Trinajstić information content (AvgIpc) is 2.09. The molecule has 0 atom stereocenters. The maximum Gasteiger partial charge on any atom is 0.471 e. The number of amides is 1. The quantitative estimate of drug-likeness (QED) is 0.540. The van der Waals surface area contributed by atoms with Crippen LogP contribution in [0, 0.1) is 0 Å². The number of hydrogen-bond acceptors (Lipinski definition) is 3. The van der Waals surface area contributed by atoms with E-state index in [1.807, 2.05) is 0 Å². The Labute approximate surface area is 77.7 Å². The van der Waals surface area contributed by atoms with E-state index in [4.69, 9.17) is 0 Å². The second-order valence-corrected chi connectivity index (χ2v) is 2.15. The Morgan fingerprint density at radius 3 is 2.43 bits per heavy atom. The summed E-state index contributed by atoms with van der Waals surface area (Å²) in [5.41, 5.74) is 0. The minimum absolute atomic E-state index is 0.110. The van der Waals surface area contributed by atoms with E-state index in [9.17, 15) is 22.8 Å². The fourth-order valence-electron chi connectivity index (χ4n) is 0.456. The van der Waals surface area contributed by atoms with Crippen molar-refractivity contribution in [3.63, 3.8) is 0 Å². The third-order valence-electron chi connectivity index (χ3n) is 1.01. The molecule has 0 aromatic rings. The molecular formula is C7H8F3NO3. The van der Waals surface area contributed by atoms with Gasteiger partial charge in [0.1, 0.15) is 13.2 Å². The zero-order valence-corrected chi connectivity index (χ0v) is 7.06. The lowest BCUT2D eigenvalue weighted by Crippen LogP contribution is -2.40. The van der Waals surface area contributed by atoms with Crippen LogP contribution < -0.4 is 5.32 Å². The molecular weight excluding hydrogens is 203 g/mol. The van der Waals surface area contributed by atoms with Gasteiger partial charge >= 0.3 is 18.1 Å². The van der Waals surface area contributed by atoms with Crippen LogP contribution in [0.1, 0.15) is 0 Å². The van der Waals surface area contributed by atoms with E-state index in [1.165, 1.54) is 11.4 Å². The molecule has 0 aliphatic heterocycles. The molecule has 0 heterocycles. The highest BCUT2D eigenvalue weighted by Crippen LogP contribution is 2.13. The smallest absolute Gasteiger partial charge is 0.460 e. The van der Waals surface area contributed by atoms with Crippen molar-refractivity contribution in [3.8, 4) is 0 Å². The van der Waals surface area contributed by atoms with E-state index >= 15 is 0 Å². The van der Waals surface area contributed by atoms with Gasteiger partial charge in [0.05, 0.1) is 0 Å². The van der Waals surface area contributed by atoms with Crippen LogP contribution in [0.15, 0.2) is 12.7 Å². The summed E-state index contributed by atoms with van der Waals surface area (Å²) in [6.45, 7) is 2.30. The summed E-state index contributed by atoms with van der Waals surface area (Å²) in [6.07, 6.45) is -3.73. The molecule has 80 valence electrons. The molecule has 0 rings (SSSR count). The predicted molar refractivity (Wildman–Crippen MR) is 40.2 cm³/mol. The normalized spacial score (nSPS) is 10.5. The van der Waals surface area contributed by atoms with Crippen molar-refractivity contribution in [3.05, 3.63) is 12.7 Å². The lowest BCUT2D eigenvalue weighted by molar-refractivity contribution is -0.174. The van der Waals surface area contributed by atoms with Crippen molar-refractivity contribution in [1.82, 2.24) is 5.32 Å². The molecule has 0 fully saturated rings. The molecule has 14 heavy (non-hydrogen) atoms. The summed E-state index contributed by atoms with van der Waals surface area (Å²) in [5, 5.41) is 1.36. The number of ether oxygens (including phenoxy) is 1. The molecule has 0 bridgehead atoms. The first-order valence-corrected chi connectivity index (χ1v) is 3.49. The Balaban J connectivity index is 3.78. The second-order valence-electron chi connectivity index (χ2n) is 2.15. The summed E-state index contributed by atoms with van der Waals surface area (Å²) >= 11 is 0. The van der Waals surface area contributed by atoms with Crippen molar-refractivity contribution < 1.29 is 27.5 Å². The van der Waals surface area contributed by atoms with Gasteiger partial charge in [-0.05, 0) is 0 Å². The number of esters is 1. The summed E-state index contributed by atoms with van der Waals surface area (Å²) in [6, 6.07) is 0. The van der Waals surface area contributed by atoms with Crippen LogP contribution in [-0.2, 0) is 14.3 Å². The van der Waals surface area contributed by atoms with Gasteiger partial charge in [0, 0.05) is 0 Å². The zero-order chi connectivity index (χ0) is 11.2. The first kappa shape index (κ1) is 12.5. The van der Waals surface area contributed by atoms with Crippen molar-refractivity contribution in [2.75, 3.05) is 13.2 Å². The van der Waals surface area contributed by atoms with Gasteiger partial charge in [-0.1, -0.05) is 12.7 Å². The van der Waals surface area contributed by atoms with Crippen molar-refractivity contribution in [2.45, 2.75) is 6.18 Å². The fraction of sp³-hybridized carbons (Fsp3) is 0.429. The van der Waals surface area contributed by atoms with Gasteiger partial charge in [-0.15, -0.1) is 0 Å². The molecule has 0 aliphatic rings. The predicted octanol–water partition coefficient (Wildman–Crippen LogP) is 0.394. The van der Waals surface area contributed by atoms with E-state index in [2.05, 4.69) is 11.3 Å².